The first kappa shape index (κ1) is 16.4. The molecule has 2 amide bonds. The van der Waals surface area contributed by atoms with Crippen molar-refractivity contribution in [1.82, 2.24) is 15.6 Å². The van der Waals surface area contributed by atoms with E-state index < -0.39 is 4.92 Å². The molecular formula is C16H18N4O3. The number of urea groups is 1. The summed E-state index contributed by atoms with van der Waals surface area (Å²) in [5, 5.41) is 16.2. The maximum atomic E-state index is 11.7. The Morgan fingerprint density at radius 1 is 1.22 bits per heavy atom. The molecule has 1 aromatic heterocycles. The van der Waals surface area contributed by atoms with Crippen molar-refractivity contribution in [3.05, 3.63) is 69.5 Å². The van der Waals surface area contributed by atoms with Gasteiger partial charge >= 0.3 is 6.03 Å². The zero-order valence-corrected chi connectivity index (χ0v) is 12.8. The molecule has 120 valence electrons. The third kappa shape index (κ3) is 5.06. The first-order chi connectivity index (χ1) is 11.1. The maximum Gasteiger partial charge on any atom is 0.315 e. The van der Waals surface area contributed by atoms with Crippen LogP contribution >= 0.6 is 0 Å². The molecule has 1 aromatic carbocycles. The third-order valence-corrected chi connectivity index (χ3v) is 3.30. The lowest BCUT2D eigenvalue weighted by molar-refractivity contribution is -0.385. The minimum Gasteiger partial charge on any atom is -0.338 e. The third-order valence-electron chi connectivity index (χ3n) is 3.30. The first-order valence-electron chi connectivity index (χ1n) is 7.22. The van der Waals surface area contributed by atoms with Gasteiger partial charge in [0.05, 0.1) is 11.5 Å². The smallest absolute Gasteiger partial charge is 0.315 e. The van der Waals surface area contributed by atoms with Crippen molar-refractivity contribution in [2.75, 3.05) is 6.54 Å². The second kappa shape index (κ2) is 7.88. The zero-order valence-electron chi connectivity index (χ0n) is 12.8. The van der Waals surface area contributed by atoms with Gasteiger partial charge in [-0.25, -0.2) is 4.79 Å². The molecule has 23 heavy (non-hydrogen) atoms. The van der Waals surface area contributed by atoms with E-state index in [1.165, 1.54) is 6.07 Å². The Labute approximate surface area is 133 Å². The number of hydrogen-bond acceptors (Lipinski definition) is 4. The summed E-state index contributed by atoms with van der Waals surface area (Å²) in [6, 6.07) is 9.86. The second-order valence-electron chi connectivity index (χ2n) is 5.05. The van der Waals surface area contributed by atoms with Crippen LogP contribution in [0.25, 0.3) is 0 Å². The molecule has 0 unspecified atom stereocenters. The van der Waals surface area contributed by atoms with Gasteiger partial charge in [0.25, 0.3) is 5.69 Å². The van der Waals surface area contributed by atoms with Crippen LogP contribution in [0.4, 0.5) is 10.5 Å². The van der Waals surface area contributed by atoms with Crippen LogP contribution in [0.2, 0.25) is 0 Å². The van der Waals surface area contributed by atoms with Crippen molar-refractivity contribution in [1.29, 1.82) is 0 Å². The SMILES string of the molecule is Cc1ccc(CCNC(=O)NCc2ccccc2[N+](=O)[O-])cn1. The standard InChI is InChI=1S/C16H18N4O3/c1-12-6-7-13(10-18-12)8-9-17-16(21)19-11-14-4-2-3-5-15(14)20(22)23/h2-7,10H,8-9,11H2,1H3,(H2,17,19,21). The van der Waals surface area contributed by atoms with Crippen molar-refractivity contribution in [3.63, 3.8) is 0 Å². The van der Waals surface area contributed by atoms with Gasteiger partial charge < -0.3 is 10.6 Å². The fourth-order valence-electron chi connectivity index (χ4n) is 2.04. The Hall–Kier alpha value is -2.96. The number of carbonyl (C=O) groups is 1. The summed E-state index contributed by atoms with van der Waals surface area (Å²) in [5.74, 6) is 0. The molecule has 2 aromatic rings. The van der Waals surface area contributed by atoms with Crippen molar-refractivity contribution < 1.29 is 9.72 Å². The molecule has 7 heteroatoms. The van der Waals surface area contributed by atoms with Crippen LogP contribution in [0, 0.1) is 17.0 Å². The highest BCUT2D eigenvalue weighted by Crippen LogP contribution is 2.16. The highest BCUT2D eigenvalue weighted by molar-refractivity contribution is 5.74. The van der Waals surface area contributed by atoms with Crippen molar-refractivity contribution >= 4 is 11.7 Å². The summed E-state index contributed by atoms with van der Waals surface area (Å²) >= 11 is 0. The minimum atomic E-state index is -0.459. The molecule has 2 N–H and O–H groups in total. The summed E-state index contributed by atoms with van der Waals surface area (Å²) in [4.78, 5) is 26.4. The number of nitro benzene ring substituents is 1. The number of hydrogen-bond donors (Lipinski definition) is 2. The molecule has 0 fully saturated rings. The van der Waals surface area contributed by atoms with Gasteiger partial charge in [-0.05, 0) is 25.0 Å². The van der Waals surface area contributed by atoms with Crippen LogP contribution < -0.4 is 10.6 Å². The second-order valence-corrected chi connectivity index (χ2v) is 5.05. The van der Waals surface area contributed by atoms with Crippen LogP contribution in [0.3, 0.4) is 0 Å². The van der Waals surface area contributed by atoms with Gasteiger partial charge in [-0.1, -0.05) is 24.3 Å². The van der Waals surface area contributed by atoms with Gasteiger partial charge in [0.15, 0.2) is 0 Å². The normalized spacial score (nSPS) is 10.1. The number of carbonyl (C=O) groups excluding carboxylic acids is 1. The van der Waals surface area contributed by atoms with E-state index in [2.05, 4.69) is 15.6 Å². The highest BCUT2D eigenvalue weighted by Gasteiger charge is 2.12. The lowest BCUT2D eigenvalue weighted by Crippen LogP contribution is -2.36. The van der Waals surface area contributed by atoms with Crippen LogP contribution in [-0.4, -0.2) is 22.5 Å². The average molecular weight is 314 g/mol. The molecule has 0 saturated heterocycles. The summed E-state index contributed by atoms with van der Waals surface area (Å²) in [6.45, 7) is 2.49. The average Bonchev–Trinajstić information content (AvgIpc) is 2.55. The summed E-state index contributed by atoms with van der Waals surface area (Å²) in [6.07, 6.45) is 2.45. The van der Waals surface area contributed by atoms with E-state index in [9.17, 15) is 14.9 Å². The molecule has 0 spiro atoms. The van der Waals surface area contributed by atoms with E-state index in [4.69, 9.17) is 0 Å². The minimum absolute atomic E-state index is 0.00136. The van der Waals surface area contributed by atoms with E-state index in [1.54, 1.807) is 24.4 Å². The van der Waals surface area contributed by atoms with Crippen molar-refractivity contribution in [3.8, 4) is 0 Å². The van der Waals surface area contributed by atoms with Gasteiger partial charge in [-0.2, -0.15) is 0 Å². The Balaban J connectivity index is 1.77. The van der Waals surface area contributed by atoms with Crippen molar-refractivity contribution in [2.45, 2.75) is 19.9 Å². The molecule has 2 rings (SSSR count). The number of nitro groups is 1. The number of benzene rings is 1. The number of nitrogens with zero attached hydrogens (tertiary/aromatic N) is 2. The Morgan fingerprint density at radius 2 is 2.00 bits per heavy atom. The van der Waals surface area contributed by atoms with Gasteiger partial charge in [-0.15, -0.1) is 0 Å². The number of nitrogens with one attached hydrogen (secondary N) is 2. The number of amides is 2. The molecule has 0 aliphatic rings. The topological polar surface area (TPSA) is 97.2 Å². The maximum absolute atomic E-state index is 11.7. The van der Waals surface area contributed by atoms with Crippen LogP contribution in [0.5, 0.6) is 0 Å². The van der Waals surface area contributed by atoms with Crippen molar-refractivity contribution in [2.24, 2.45) is 0 Å². The Morgan fingerprint density at radius 3 is 2.70 bits per heavy atom. The van der Waals surface area contributed by atoms with Gasteiger partial charge in [0, 0.05) is 30.1 Å². The summed E-state index contributed by atoms with van der Waals surface area (Å²) in [7, 11) is 0. The molecule has 0 radical (unpaired) electrons. The van der Waals surface area contributed by atoms with E-state index in [0.717, 1.165) is 11.3 Å². The quantitative estimate of drug-likeness (QED) is 0.631. The fraction of sp³-hybridized carbons (Fsp3) is 0.250. The van der Waals surface area contributed by atoms with Crippen LogP contribution in [0.15, 0.2) is 42.6 Å². The first-order valence-corrected chi connectivity index (χ1v) is 7.22. The molecule has 7 nitrogen and oxygen atoms in total. The predicted octanol–water partition coefficient (Wildman–Crippen LogP) is 2.34. The lowest BCUT2D eigenvalue weighted by atomic mass is 10.2. The molecule has 0 saturated carbocycles. The van der Waals surface area contributed by atoms with E-state index in [0.29, 0.717) is 18.5 Å². The fourth-order valence-corrected chi connectivity index (χ4v) is 2.04. The van der Waals surface area contributed by atoms with E-state index >= 15 is 0 Å². The molecule has 0 bridgehead atoms. The number of pyridine rings is 1. The van der Waals surface area contributed by atoms with E-state index in [1.807, 2.05) is 19.1 Å². The largest absolute Gasteiger partial charge is 0.338 e. The molecular weight excluding hydrogens is 296 g/mol. The number of aromatic nitrogens is 1. The van der Waals surface area contributed by atoms with E-state index in [-0.39, 0.29) is 18.3 Å². The molecule has 0 aliphatic carbocycles. The lowest BCUT2D eigenvalue weighted by Gasteiger charge is -2.08. The summed E-state index contributed by atoms with van der Waals surface area (Å²) in [5.41, 5.74) is 2.45. The van der Waals surface area contributed by atoms with Gasteiger partial charge in [0.1, 0.15) is 0 Å². The Kier molecular flexibility index (Phi) is 5.62. The molecule has 0 aliphatic heterocycles. The van der Waals surface area contributed by atoms with Gasteiger partial charge in [0.2, 0.25) is 0 Å². The molecule has 0 atom stereocenters. The predicted molar refractivity (Wildman–Crippen MR) is 86.0 cm³/mol. The van der Waals surface area contributed by atoms with Gasteiger partial charge in [-0.3, -0.25) is 15.1 Å². The Bertz CT molecular complexity index is 686. The number of rotatable bonds is 6. The zero-order chi connectivity index (χ0) is 16.7. The van der Waals surface area contributed by atoms with Crippen LogP contribution in [0.1, 0.15) is 16.8 Å². The molecule has 1 heterocycles. The van der Waals surface area contributed by atoms with Crippen LogP contribution in [-0.2, 0) is 13.0 Å². The monoisotopic (exact) mass is 314 g/mol. The highest BCUT2D eigenvalue weighted by atomic mass is 16.6. The number of para-hydroxylation sites is 1. The summed E-state index contributed by atoms with van der Waals surface area (Å²) < 4.78 is 0. The number of aryl methyl sites for hydroxylation is 1.